The van der Waals surface area contributed by atoms with E-state index in [0.29, 0.717) is 5.76 Å². The van der Waals surface area contributed by atoms with Gasteiger partial charge in [-0.2, -0.15) is 0 Å². The number of amides is 1. The van der Waals surface area contributed by atoms with Crippen LogP contribution in [0.2, 0.25) is 0 Å². The number of esters is 1. The Morgan fingerprint density at radius 1 is 1.38 bits per heavy atom. The molecule has 1 rings (SSSR count). The van der Waals surface area contributed by atoms with E-state index in [9.17, 15) is 9.59 Å². The highest BCUT2D eigenvalue weighted by atomic mass is 16.7. The maximum absolute atomic E-state index is 11.9. The van der Waals surface area contributed by atoms with Crippen LogP contribution in [-0.2, 0) is 19.1 Å². The lowest BCUT2D eigenvalue weighted by molar-refractivity contribution is -0.252. The van der Waals surface area contributed by atoms with Gasteiger partial charge in [0.05, 0.1) is 6.08 Å². The maximum Gasteiger partial charge on any atom is 0.338 e. The molecule has 0 saturated heterocycles. The molecule has 5 heteroatoms. The first-order valence-corrected chi connectivity index (χ1v) is 5.05. The van der Waals surface area contributed by atoms with Gasteiger partial charge in [0.15, 0.2) is 0 Å². The minimum atomic E-state index is -1.60. The molecule has 1 heterocycles. The van der Waals surface area contributed by atoms with E-state index >= 15 is 0 Å². The van der Waals surface area contributed by atoms with E-state index in [0.717, 1.165) is 0 Å². The summed E-state index contributed by atoms with van der Waals surface area (Å²) in [6.45, 7) is 6.93. The van der Waals surface area contributed by atoms with Crippen molar-refractivity contribution in [2.45, 2.75) is 33.5 Å². The predicted molar refractivity (Wildman–Crippen MR) is 57.2 cm³/mol. The lowest BCUT2D eigenvalue weighted by Crippen LogP contribution is -2.60. The fourth-order valence-electron chi connectivity index (χ4n) is 1.52. The lowest BCUT2D eigenvalue weighted by Gasteiger charge is -2.42. The predicted octanol–water partition coefficient (Wildman–Crippen LogP) is 0.952. The second-order valence-electron chi connectivity index (χ2n) is 4.72. The van der Waals surface area contributed by atoms with Crippen molar-refractivity contribution < 1.29 is 19.1 Å². The molecule has 0 radical (unpaired) electrons. The fourth-order valence-corrected chi connectivity index (χ4v) is 1.52. The molecule has 0 aromatic heterocycles. The molecule has 1 aliphatic heterocycles. The Hall–Kier alpha value is -1.52. The summed E-state index contributed by atoms with van der Waals surface area (Å²) in [6, 6.07) is 0. The van der Waals surface area contributed by atoms with Crippen LogP contribution in [-0.4, -0.2) is 24.7 Å². The third kappa shape index (κ3) is 1.89. The maximum atomic E-state index is 11.9. The number of allylic oxidation sites excluding steroid dienone is 1. The zero-order chi connectivity index (χ0) is 12.6. The Bertz CT molecular complexity index is 353. The van der Waals surface area contributed by atoms with Crippen molar-refractivity contribution >= 4 is 11.9 Å². The Labute approximate surface area is 94.8 Å². The van der Waals surface area contributed by atoms with Crippen LogP contribution in [0.4, 0.5) is 0 Å². The second-order valence-corrected chi connectivity index (χ2v) is 4.72. The largest absolute Gasteiger partial charge is 0.448 e. The first kappa shape index (κ1) is 12.5. The fraction of sp³-hybridized carbons (Fsp3) is 0.636. The SMILES string of the molecule is CNC(=O)C1(C(C)(C)C)OC(=O)C=C(C)O1. The van der Waals surface area contributed by atoms with E-state index in [1.54, 1.807) is 27.7 Å². The molecule has 5 nitrogen and oxygen atoms in total. The van der Waals surface area contributed by atoms with E-state index < -0.39 is 23.1 Å². The molecule has 0 aliphatic carbocycles. The van der Waals surface area contributed by atoms with Gasteiger partial charge >= 0.3 is 17.7 Å². The monoisotopic (exact) mass is 227 g/mol. The number of likely N-dealkylation sites (N-methyl/N-ethyl adjacent to an activating group) is 1. The molecular weight excluding hydrogens is 210 g/mol. The Morgan fingerprint density at radius 2 is 1.94 bits per heavy atom. The first-order chi connectivity index (χ1) is 7.23. The van der Waals surface area contributed by atoms with Crippen molar-refractivity contribution in [2.75, 3.05) is 7.05 Å². The van der Waals surface area contributed by atoms with Gasteiger partial charge in [0.1, 0.15) is 5.76 Å². The average Bonchev–Trinajstić information content (AvgIpc) is 2.13. The van der Waals surface area contributed by atoms with Gasteiger partial charge in [0.2, 0.25) is 0 Å². The number of hydrogen-bond donors (Lipinski definition) is 1. The molecule has 1 atom stereocenters. The topological polar surface area (TPSA) is 64.6 Å². The summed E-state index contributed by atoms with van der Waals surface area (Å²) in [6.07, 6.45) is 1.22. The number of rotatable bonds is 1. The van der Waals surface area contributed by atoms with Gasteiger partial charge in [0.25, 0.3) is 0 Å². The van der Waals surface area contributed by atoms with Gasteiger partial charge in [-0.1, -0.05) is 20.8 Å². The normalized spacial score (nSPS) is 25.3. The number of carbonyl (C=O) groups is 2. The molecule has 1 amide bonds. The standard InChI is InChI=1S/C11H17NO4/c1-7-6-8(13)16-11(15-7,9(14)12-5)10(2,3)4/h6H,1-5H3,(H,12,14). The van der Waals surface area contributed by atoms with Crippen LogP contribution in [0.15, 0.2) is 11.8 Å². The molecular formula is C11H17NO4. The molecule has 16 heavy (non-hydrogen) atoms. The van der Waals surface area contributed by atoms with Gasteiger partial charge in [-0.25, -0.2) is 4.79 Å². The second kappa shape index (κ2) is 3.81. The highest BCUT2D eigenvalue weighted by molar-refractivity contribution is 5.91. The van der Waals surface area contributed by atoms with Crippen LogP contribution in [0.5, 0.6) is 0 Å². The minimum absolute atomic E-state index is 0.370. The van der Waals surface area contributed by atoms with Crippen LogP contribution >= 0.6 is 0 Å². The van der Waals surface area contributed by atoms with Crippen molar-refractivity contribution in [3.63, 3.8) is 0 Å². The Kier molecular flexibility index (Phi) is 2.99. The highest BCUT2D eigenvalue weighted by Gasteiger charge is 2.56. The number of cyclic esters (lactones) is 1. The van der Waals surface area contributed by atoms with E-state index in [4.69, 9.17) is 9.47 Å². The number of hydrogen-bond acceptors (Lipinski definition) is 4. The van der Waals surface area contributed by atoms with E-state index in [2.05, 4.69) is 5.32 Å². The minimum Gasteiger partial charge on any atom is -0.448 e. The molecule has 90 valence electrons. The third-order valence-electron chi connectivity index (χ3n) is 2.38. The van der Waals surface area contributed by atoms with E-state index in [1.165, 1.54) is 13.1 Å². The number of ether oxygens (including phenoxy) is 2. The summed E-state index contributed by atoms with van der Waals surface area (Å²) in [5, 5.41) is 2.45. The van der Waals surface area contributed by atoms with Crippen molar-refractivity contribution in [1.82, 2.24) is 5.32 Å². The van der Waals surface area contributed by atoms with E-state index in [-0.39, 0.29) is 0 Å². The van der Waals surface area contributed by atoms with Gasteiger partial charge < -0.3 is 14.8 Å². The molecule has 0 spiro atoms. The Balaban J connectivity index is 3.23. The van der Waals surface area contributed by atoms with Crippen molar-refractivity contribution in [3.8, 4) is 0 Å². The average molecular weight is 227 g/mol. The number of carbonyl (C=O) groups excluding carboxylic acids is 2. The van der Waals surface area contributed by atoms with Crippen LogP contribution in [0.25, 0.3) is 0 Å². The summed E-state index contributed by atoms with van der Waals surface area (Å²) in [7, 11) is 1.47. The smallest absolute Gasteiger partial charge is 0.338 e. The quantitative estimate of drug-likeness (QED) is 0.677. The van der Waals surface area contributed by atoms with Gasteiger partial charge in [-0.3, -0.25) is 4.79 Å². The summed E-state index contributed by atoms with van der Waals surface area (Å²) >= 11 is 0. The molecule has 0 aromatic rings. The van der Waals surface area contributed by atoms with Crippen LogP contribution < -0.4 is 5.32 Å². The molecule has 0 aromatic carbocycles. The summed E-state index contributed by atoms with van der Waals surface area (Å²) < 4.78 is 10.6. The van der Waals surface area contributed by atoms with Crippen LogP contribution in [0, 0.1) is 5.41 Å². The van der Waals surface area contributed by atoms with Crippen molar-refractivity contribution in [3.05, 3.63) is 11.8 Å². The molecule has 0 saturated carbocycles. The molecule has 1 N–H and O–H groups in total. The van der Waals surface area contributed by atoms with Crippen LogP contribution in [0.3, 0.4) is 0 Å². The molecule has 1 aliphatic rings. The summed E-state index contributed by atoms with van der Waals surface area (Å²) in [5.41, 5.74) is -0.668. The zero-order valence-electron chi connectivity index (χ0n) is 10.2. The molecule has 1 unspecified atom stereocenters. The van der Waals surface area contributed by atoms with E-state index in [1.807, 2.05) is 0 Å². The van der Waals surface area contributed by atoms with Crippen molar-refractivity contribution in [1.29, 1.82) is 0 Å². The molecule has 0 bridgehead atoms. The zero-order valence-corrected chi connectivity index (χ0v) is 10.2. The first-order valence-electron chi connectivity index (χ1n) is 5.05. The van der Waals surface area contributed by atoms with Gasteiger partial charge in [-0.05, 0) is 6.92 Å². The Morgan fingerprint density at radius 3 is 2.31 bits per heavy atom. The summed E-state index contributed by atoms with van der Waals surface area (Å²) in [5.74, 6) is -2.27. The summed E-state index contributed by atoms with van der Waals surface area (Å²) in [4.78, 5) is 23.3. The third-order valence-corrected chi connectivity index (χ3v) is 2.38. The van der Waals surface area contributed by atoms with Crippen molar-refractivity contribution in [2.24, 2.45) is 5.41 Å². The van der Waals surface area contributed by atoms with Gasteiger partial charge in [0, 0.05) is 12.5 Å². The lowest BCUT2D eigenvalue weighted by atomic mass is 9.84. The van der Waals surface area contributed by atoms with Gasteiger partial charge in [-0.15, -0.1) is 0 Å². The highest BCUT2D eigenvalue weighted by Crippen LogP contribution is 2.39. The van der Waals surface area contributed by atoms with Crippen LogP contribution in [0.1, 0.15) is 27.7 Å². The number of nitrogens with one attached hydrogen (secondary N) is 1. The molecule has 0 fully saturated rings.